The number of rotatable bonds is 4. The van der Waals surface area contributed by atoms with Gasteiger partial charge in [-0.1, -0.05) is 12.1 Å². The number of urea groups is 1. The average molecular weight is 357 g/mol. The van der Waals surface area contributed by atoms with Gasteiger partial charge in [0.05, 0.1) is 6.04 Å². The van der Waals surface area contributed by atoms with Crippen LogP contribution in [-0.4, -0.2) is 47.3 Å². The van der Waals surface area contributed by atoms with E-state index in [1.165, 1.54) is 6.07 Å². The van der Waals surface area contributed by atoms with Crippen LogP contribution in [0.15, 0.2) is 36.5 Å². The van der Waals surface area contributed by atoms with Crippen molar-refractivity contribution >= 4 is 11.8 Å². The molecule has 2 heterocycles. The van der Waals surface area contributed by atoms with Crippen molar-refractivity contribution in [3.63, 3.8) is 0 Å². The highest BCUT2D eigenvalue weighted by Gasteiger charge is 2.26. The van der Waals surface area contributed by atoms with Crippen LogP contribution in [0.4, 0.5) is 15.0 Å². The Morgan fingerprint density at radius 3 is 3.00 bits per heavy atom. The number of carbonyl (C=O) groups excluding carboxylic acids is 1. The molecule has 0 spiro atoms. The van der Waals surface area contributed by atoms with Crippen molar-refractivity contribution in [1.29, 1.82) is 0 Å². The van der Waals surface area contributed by atoms with Crippen molar-refractivity contribution in [3.8, 4) is 0 Å². The van der Waals surface area contributed by atoms with Crippen molar-refractivity contribution in [2.24, 2.45) is 0 Å². The molecule has 1 atom stereocenters. The maximum Gasteiger partial charge on any atom is 0.317 e. The lowest BCUT2D eigenvalue weighted by Gasteiger charge is -2.37. The van der Waals surface area contributed by atoms with E-state index in [2.05, 4.69) is 20.4 Å². The molecule has 1 aromatic carbocycles. The van der Waals surface area contributed by atoms with Crippen LogP contribution in [0.2, 0.25) is 0 Å². The van der Waals surface area contributed by atoms with Gasteiger partial charge >= 0.3 is 6.03 Å². The molecule has 2 aromatic rings. The highest BCUT2D eigenvalue weighted by Crippen LogP contribution is 2.19. The first-order valence-corrected chi connectivity index (χ1v) is 8.83. The van der Waals surface area contributed by atoms with Crippen LogP contribution in [0, 0.1) is 12.7 Å². The Balaban J connectivity index is 1.56. The molecule has 0 bridgehead atoms. The minimum Gasteiger partial charge on any atom is -0.353 e. The number of likely N-dealkylation sites (N-methyl/N-ethyl adjacent to an activating group) is 1. The number of amides is 2. The number of benzene rings is 1. The van der Waals surface area contributed by atoms with Crippen LogP contribution in [0.1, 0.15) is 24.0 Å². The van der Waals surface area contributed by atoms with E-state index in [0.717, 1.165) is 37.3 Å². The Labute approximate surface area is 153 Å². The van der Waals surface area contributed by atoms with Crippen LogP contribution in [0.25, 0.3) is 0 Å². The number of anilines is 1. The average Bonchev–Trinajstić information content (AvgIpc) is 2.69. The molecule has 6 nitrogen and oxygen atoms in total. The second-order valence-corrected chi connectivity index (χ2v) is 6.68. The lowest BCUT2D eigenvalue weighted by atomic mass is 10.0. The van der Waals surface area contributed by atoms with Crippen LogP contribution in [0.3, 0.4) is 0 Å². The first-order chi connectivity index (χ1) is 12.5. The number of carbonyl (C=O) groups is 1. The molecule has 2 amide bonds. The maximum atomic E-state index is 13.6. The summed E-state index contributed by atoms with van der Waals surface area (Å²) in [6.07, 6.45) is 3.58. The van der Waals surface area contributed by atoms with Gasteiger partial charge in [-0.15, -0.1) is 5.10 Å². The molecular formula is C19H24FN5O. The lowest BCUT2D eigenvalue weighted by molar-refractivity contribution is 0.182. The van der Waals surface area contributed by atoms with E-state index in [4.69, 9.17) is 0 Å². The van der Waals surface area contributed by atoms with Crippen LogP contribution in [-0.2, 0) is 6.54 Å². The molecule has 26 heavy (non-hydrogen) atoms. The van der Waals surface area contributed by atoms with Gasteiger partial charge in [-0.25, -0.2) is 9.18 Å². The summed E-state index contributed by atoms with van der Waals surface area (Å²) >= 11 is 0. The minimum atomic E-state index is -0.253. The summed E-state index contributed by atoms with van der Waals surface area (Å²) in [5.74, 6) is 0.582. The van der Waals surface area contributed by atoms with Crippen LogP contribution in [0.5, 0.6) is 0 Å². The SMILES string of the molecule is Cc1ccc(CNC(=O)N(C)[C@@H]2CCCN(c3cccnn3)C2)cc1F. The Bertz CT molecular complexity index is 755. The summed E-state index contributed by atoms with van der Waals surface area (Å²) in [5, 5.41) is 11.0. The molecule has 138 valence electrons. The monoisotopic (exact) mass is 357 g/mol. The lowest BCUT2D eigenvalue weighted by Crippen LogP contribution is -2.51. The van der Waals surface area contributed by atoms with E-state index >= 15 is 0 Å². The third kappa shape index (κ3) is 4.28. The molecule has 0 saturated carbocycles. The Hall–Kier alpha value is -2.70. The van der Waals surface area contributed by atoms with Gasteiger partial charge in [-0.2, -0.15) is 5.10 Å². The normalized spacial score (nSPS) is 17.0. The van der Waals surface area contributed by atoms with E-state index in [9.17, 15) is 9.18 Å². The maximum absolute atomic E-state index is 13.6. The number of hydrogen-bond donors (Lipinski definition) is 1. The fraction of sp³-hybridized carbons (Fsp3) is 0.421. The Morgan fingerprint density at radius 2 is 2.27 bits per heavy atom. The molecule has 0 radical (unpaired) electrons. The molecule has 0 unspecified atom stereocenters. The third-order valence-corrected chi connectivity index (χ3v) is 4.83. The first-order valence-electron chi connectivity index (χ1n) is 8.83. The number of piperidine rings is 1. The number of aryl methyl sites for hydroxylation is 1. The number of nitrogens with zero attached hydrogens (tertiary/aromatic N) is 4. The molecule has 0 aliphatic carbocycles. The summed E-state index contributed by atoms with van der Waals surface area (Å²) in [6, 6.07) is 8.75. The smallest absolute Gasteiger partial charge is 0.317 e. The zero-order chi connectivity index (χ0) is 18.5. The first kappa shape index (κ1) is 18.1. The van der Waals surface area contributed by atoms with Gasteiger partial charge in [0.2, 0.25) is 0 Å². The van der Waals surface area contributed by atoms with Gasteiger partial charge in [0, 0.05) is 32.9 Å². The zero-order valence-electron chi connectivity index (χ0n) is 15.2. The number of halogens is 1. The quantitative estimate of drug-likeness (QED) is 0.914. The number of nitrogens with one attached hydrogen (secondary N) is 1. The topological polar surface area (TPSA) is 61.4 Å². The van der Waals surface area contributed by atoms with Crippen molar-refractivity contribution in [1.82, 2.24) is 20.4 Å². The standard InChI is InChI=1S/C19H24FN5O/c1-14-7-8-15(11-17(14)20)12-21-19(26)24(2)16-5-4-10-25(13-16)18-6-3-9-22-23-18/h3,6-9,11,16H,4-5,10,12-13H2,1-2H3,(H,21,26)/t16-/m1/s1. The summed E-state index contributed by atoms with van der Waals surface area (Å²) in [7, 11) is 1.80. The predicted octanol–water partition coefficient (Wildman–Crippen LogP) is 2.73. The van der Waals surface area contributed by atoms with Gasteiger partial charge in [0.25, 0.3) is 0 Å². The van der Waals surface area contributed by atoms with Gasteiger partial charge in [0.1, 0.15) is 5.82 Å². The Kier molecular flexibility index (Phi) is 5.65. The molecule has 7 heteroatoms. The van der Waals surface area contributed by atoms with Gasteiger partial charge in [0.15, 0.2) is 5.82 Å². The predicted molar refractivity (Wildman–Crippen MR) is 98.4 cm³/mol. The van der Waals surface area contributed by atoms with E-state index in [-0.39, 0.29) is 17.9 Å². The summed E-state index contributed by atoms with van der Waals surface area (Å²) < 4.78 is 13.6. The van der Waals surface area contributed by atoms with E-state index in [1.807, 2.05) is 18.2 Å². The highest BCUT2D eigenvalue weighted by atomic mass is 19.1. The fourth-order valence-corrected chi connectivity index (χ4v) is 3.16. The van der Waals surface area contributed by atoms with Gasteiger partial charge in [-0.05, 0) is 49.1 Å². The third-order valence-electron chi connectivity index (χ3n) is 4.83. The number of hydrogen-bond acceptors (Lipinski definition) is 4. The molecule has 1 aliphatic heterocycles. The second-order valence-electron chi connectivity index (χ2n) is 6.68. The summed E-state index contributed by atoms with van der Waals surface area (Å²) in [5.41, 5.74) is 1.35. The molecule has 1 N–H and O–H groups in total. The second kappa shape index (κ2) is 8.12. The highest BCUT2D eigenvalue weighted by molar-refractivity contribution is 5.74. The number of aromatic nitrogens is 2. The van der Waals surface area contributed by atoms with E-state index < -0.39 is 0 Å². The summed E-state index contributed by atoms with van der Waals surface area (Å²) in [6.45, 7) is 3.66. The van der Waals surface area contributed by atoms with Gasteiger partial charge in [-0.3, -0.25) is 0 Å². The van der Waals surface area contributed by atoms with Crippen molar-refractivity contribution in [3.05, 3.63) is 53.5 Å². The molecular weight excluding hydrogens is 333 g/mol. The fourth-order valence-electron chi connectivity index (χ4n) is 3.16. The zero-order valence-corrected chi connectivity index (χ0v) is 15.2. The van der Waals surface area contributed by atoms with Crippen molar-refractivity contribution < 1.29 is 9.18 Å². The minimum absolute atomic E-state index is 0.0977. The van der Waals surface area contributed by atoms with E-state index in [0.29, 0.717) is 12.1 Å². The molecule has 1 aromatic heterocycles. The molecule has 1 saturated heterocycles. The molecule has 1 fully saturated rings. The van der Waals surface area contributed by atoms with E-state index in [1.54, 1.807) is 31.1 Å². The van der Waals surface area contributed by atoms with Crippen LogP contribution < -0.4 is 10.2 Å². The largest absolute Gasteiger partial charge is 0.353 e. The van der Waals surface area contributed by atoms with Gasteiger partial charge < -0.3 is 15.1 Å². The van der Waals surface area contributed by atoms with Crippen molar-refractivity contribution in [2.45, 2.75) is 32.4 Å². The molecule has 3 rings (SSSR count). The molecule has 1 aliphatic rings. The van der Waals surface area contributed by atoms with Crippen molar-refractivity contribution in [2.75, 3.05) is 25.0 Å². The Morgan fingerprint density at radius 1 is 1.42 bits per heavy atom. The summed E-state index contributed by atoms with van der Waals surface area (Å²) in [4.78, 5) is 16.4. The van der Waals surface area contributed by atoms with Crippen LogP contribution >= 0.6 is 0 Å².